The Labute approximate surface area is 168 Å². The maximum Gasteiger partial charge on any atom is 0.257 e. The SMILES string of the molecule is CC(C)[C@H]1CC[C@@H](C)C[C@H]1OCC(=O)NC1CCN(C(=O)c2ccoc2)CC1. The number of carbonyl (C=O) groups excluding carboxylic acids is 2. The van der Waals surface area contributed by atoms with Crippen molar-refractivity contribution in [2.24, 2.45) is 17.8 Å². The molecule has 3 atom stereocenters. The number of furan rings is 1. The average molecular weight is 391 g/mol. The molecule has 28 heavy (non-hydrogen) atoms. The van der Waals surface area contributed by atoms with Crippen molar-refractivity contribution >= 4 is 11.8 Å². The quantitative estimate of drug-likeness (QED) is 0.807. The fourth-order valence-electron chi connectivity index (χ4n) is 4.55. The molecule has 3 rings (SSSR count). The topological polar surface area (TPSA) is 71.8 Å². The maximum atomic E-state index is 12.4. The van der Waals surface area contributed by atoms with E-state index >= 15 is 0 Å². The normalized spacial score (nSPS) is 26.4. The first-order chi connectivity index (χ1) is 13.4. The van der Waals surface area contributed by atoms with E-state index in [4.69, 9.17) is 9.15 Å². The monoisotopic (exact) mass is 390 g/mol. The lowest BCUT2D eigenvalue weighted by Gasteiger charge is -2.37. The highest BCUT2D eigenvalue weighted by Gasteiger charge is 2.32. The number of nitrogens with one attached hydrogen (secondary N) is 1. The smallest absolute Gasteiger partial charge is 0.257 e. The third-order valence-electron chi connectivity index (χ3n) is 6.31. The van der Waals surface area contributed by atoms with E-state index in [1.54, 1.807) is 6.07 Å². The second-order valence-electron chi connectivity index (χ2n) is 8.82. The molecule has 1 aromatic rings. The number of hydrogen-bond acceptors (Lipinski definition) is 4. The second kappa shape index (κ2) is 9.59. The van der Waals surface area contributed by atoms with Crippen LogP contribution in [0.2, 0.25) is 0 Å². The molecule has 0 unspecified atom stereocenters. The summed E-state index contributed by atoms with van der Waals surface area (Å²) in [7, 11) is 0. The predicted octanol–water partition coefficient (Wildman–Crippen LogP) is 3.48. The molecule has 1 aromatic heterocycles. The summed E-state index contributed by atoms with van der Waals surface area (Å²) in [6.45, 7) is 8.18. The minimum atomic E-state index is -0.0413. The van der Waals surface area contributed by atoms with Gasteiger partial charge in [-0.25, -0.2) is 0 Å². The Hall–Kier alpha value is -1.82. The Morgan fingerprint density at radius 2 is 2.00 bits per heavy atom. The third-order valence-corrected chi connectivity index (χ3v) is 6.31. The van der Waals surface area contributed by atoms with Crippen LogP contribution in [0.5, 0.6) is 0 Å². The highest BCUT2D eigenvalue weighted by molar-refractivity contribution is 5.93. The van der Waals surface area contributed by atoms with E-state index in [0.29, 0.717) is 36.4 Å². The molecule has 1 aliphatic heterocycles. The standard InChI is InChI=1S/C22H34N2O4/c1-15(2)19-5-4-16(3)12-20(19)28-14-21(25)23-18-6-9-24(10-7-18)22(26)17-8-11-27-13-17/h8,11,13,15-16,18-20H,4-7,9-10,12,14H2,1-3H3,(H,23,25)/t16-,19-,20-/m1/s1. The highest BCUT2D eigenvalue weighted by Crippen LogP contribution is 2.35. The predicted molar refractivity (Wildman–Crippen MR) is 107 cm³/mol. The lowest BCUT2D eigenvalue weighted by molar-refractivity contribution is -0.132. The zero-order valence-electron chi connectivity index (χ0n) is 17.4. The van der Waals surface area contributed by atoms with Gasteiger partial charge in [-0.2, -0.15) is 0 Å². The molecule has 1 saturated heterocycles. The minimum absolute atomic E-state index is 0.00648. The van der Waals surface area contributed by atoms with Gasteiger partial charge in [-0.15, -0.1) is 0 Å². The van der Waals surface area contributed by atoms with E-state index in [2.05, 4.69) is 26.1 Å². The van der Waals surface area contributed by atoms with Crippen molar-refractivity contribution in [3.8, 4) is 0 Å². The van der Waals surface area contributed by atoms with Crippen LogP contribution in [0.1, 0.15) is 63.2 Å². The van der Waals surface area contributed by atoms with Gasteiger partial charge in [0.1, 0.15) is 12.9 Å². The van der Waals surface area contributed by atoms with Gasteiger partial charge >= 0.3 is 0 Å². The summed E-state index contributed by atoms with van der Waals surface area (Å²) in [5, 5.41) is 3.09. The number of carbonyl (C=O) groups is 2. The molecule has 1 N–H and O–H groups in total. The summed E-state index contributed by atoms with van der Waals surface area (Å²) in [6.07, 6.45) is 8.20. The van der Waals surface area contributed by atoms with Crippen LogP contribution in [0.3, 0.4) is 0 Å². The Kier molecular flexibility index (Phi) is 7.16. The summed E-state index contributed by atoms with van der Waals surface area (Å²) in [5.74, 6) is 1.74. The van der Waals surface area contributed by atoms with E-state index < -0.39 is 0 Å². The van der Waals surface area contributed by atoms with Crippen molar-refractivity contribution in [2.75, 3.05) is 19.7 Å². The van der Waals surface area contributed by atoms with E-state index in [-0.39, 0.29) is 30.6 Å². The molecule has 0 bridgehead atoms. The third kappa shape index (κ3) is 5.37. The van der Waals surface area contributed by atoms with E-state index in [0.717, 1.165) is 19.3 Å². The molecule has 2 amide bonds. The number of rotatable bonds is 6. The van der Waals surface area contributed by atoms with Gasteiger partial charge in [0.2, 0.25) is 5.91 Å². The molecule has 0 radical (unpaired) electrons. The van der Waals surface area contributed by atoms with E-state index in [9.17, 15) is 9.59 Å². The van der Waals surface area contributed by atoms with Crippen molar-refractivity contribution in [1.82, 2.24) is 10.2 Å². The summed E-state index contributed by atoms with van der Waals surface area (Å²) in [5.41, 5.74) is 0.581. The van der Waals surface area contributed by atoms with Crippen LogP contribution in [0.4, 0.5) is 0 Å². The molecule has 0 aromatic carbocycles. The van der Waals surface area contributed by atoms with Gasteiger partial charge in [-0.05, 0) is 49.5 Å². The molecular formula is C22H34N2O4. The van der Waals surface area contributed by atoms with Crippen molar-refractivity contribution in [3.05, 3.63) is 24.2 Å². The minimum Gasteiger partial charge on any atom is -0.472 e. The van der Waals surface area contributed by atoms with Crippen molar-refractivity contribution in [1.29, 1.82) is 0 Å². The molecule has 2 fully saturated rings. The first-order valence-electron chi connectivity index (χ1n) is 10.7. The van der Waals surface area contributed by atoms with Crippen LogP contribution < -0.4 is 5.32 Å². The van der Waals surface area contributed by atoms with Gasteiger partial charge in [-0.3, -0.25) is 9.59 Å². The first kappa shape index (κ1) is 20.9. The molecule has 156 valence electrons. The Morgan fingerprint density at radius 3 is 2.64 bits per heavy atom. The van der Waals surface area contributed by atoms with Crippen molar-refractivity contribution in [2.45, 2.75) is 65.0 Å². The fraction of sp³-hybridized carbons (Fsp3) is 0.727. The number of ether oxygens (including phenoxy) is 1. The molecule has 2 aliphatic rings. The zero-order valence-corrected chi connectivity index (χ0v) is 17.4. The molecule has 1 aliphatic carbocycles. The van der Waals surface area contributed by atoms with Gasteiger partial charge in [0, 0.05) is 19.1 Å². The number of piperidine rings is 1. The van der Waals surface area contributed by atoms with Crippen molar-refractivity contribution in [3.63, 3.8) is 0 Å². The van der Waals surface area contributed by atoms with Crippen LogP contribution in [0.25, 0.3) is 0 Å². The summed E-state index contributed by atoms with van der Waals surface area (Å²) >= 11 is 0. The maximum absolute atomic E-state index is 12.4. The first-order valence-corrected chi connectivity index (χ1v) is 10.7. The van der Waals surface area contributed by atoms with Gasteiger partial charge in [0.15, 0.2) is 0 Å². The zero-order chi connectivity index (χ0) is 20.1. The number of hydrogen-bond donors (Lipinski definition) is 1. The molecule has 6 nitrogen and oxygen atoms in total. The van der Waals surface area contributed by atoms with Crippen LogP contribution >= 0.6 is 0 Å². The molecule has 6 heteroatoms. The fourth-order valence-corrected chi connectivity index (χ4v) is 4.55. The van der Waals surface area contributed by atoms with Gasteiger partial charge < -0.3 is 19.4 Å². The second-order valence-corrected chi connectivity index (χ2v) is 8.82. The van der Waals surface area contributed by atoms with Crippen LogP contribution in [-0.4, -0.2) is 48.6 Å². The Morgan fingerprint density at radius 1 is 1.25 bits per heavy atom. The van der Waals surface area contributed by atoms with E-state index in [1.807, 2.05) is 4.90 Å². The van der Waals surface area contributed by atoms with Gasteiger partial charge in [0.25, 0.3) is 5.91 Å². The number of likely N-dealkylation sites (tertiary alicyclic amines) is 1. The summed E-state index contributed by atoms with van der Waals surface area (Å²) in [6, 6.07) is 1.79. The number of nitrogens with zero attached hydrogens (tertiary/aromatic N) is 1. The average Bonchev–Trinajstić information content (AvgIpc) is 3.21. The lowest BCUT2D eigenvalue weighted by atomic mass is 9.75. The van der Waals surface area contributed by atoms with Gasteiger partial charge in [0.05, 0.1) is 17.9 Å². The van der Waals surface area contributed by atoms with Crippen LogP contribution in [0.15, 0.2) is 23.0 Å². The highest BCUT2D eigenvalue weighted by atomic mass is 16.5. The number of amides is 2. The lowest BCUT2D eigenvalue weighted by Crippen LogP contribution is -2.47. The molecule has 0 spiro atoms. The molecule has 1 saturated carbocycles. The molecular weight excluding hydrogens is 356 g/mol. The summed E-state index contributed by atoms with van der Waals surface area (Å²) in [4.78, 5) is 26.5. The van der Waals surface area contributed by atoms with E-state index in [1.165, 1.54) is 25.4 Å². The summed E-state index contributed by atoms with van der Waals surface area (Å²) < 4.78 is 11.0. The van der Waals surface area contributed by atoms with Crippen molar-refractivity contribution < 1.29 is 18.7 Å². The molecule has 2 heterocycles. The Balaban J connectivity index is 1.40. The van der Waals surface area contributed by atoms with Crippen LogP contribution in [-0.2, 0) is 9.53 Å². The van der Waals surface area contributed by atoms with Crippen LogP contribution in [0, 0.1) is 17.8 Å². The largest absolute Gasteiger partial charge is 0.472 e. The van der Waals surface area contributed by atoms with Gasteiger partial charge in [-0.1, -0.05) is 27.2 Å². The Bertz CT molecular complexity index is 635.